The number of fused-ring (bicyclic) bond motifs is 2. The van der Waals surface area contributed by atoms with Crippen molar-refractivity contribution in [2.75, 3.05) is 26.2 Å². The predicted molar refractivity (Wildman–Crippen MR) is 147 cm³/mol. The third-order valence-electron chi connectivity index (χ3n) is 7.09. The van der Waals surface area contributed by atoms with E-state index in [1.807, 2.05) is 36.5 Å². The van der Waals surface area contributed by atoms with Gasteiger partial charge in [-0.2, -0.15) is 5.10 Å². The molecule has 1 aromatic carbocycles. The Kier molecular flexibility index (Phi) is 5.75. The zero-order valence-corrected chi connectivity index (χ0v) is 20.8. The van der Waals surface area contributed by atoms with Crippen LogP contribution in [0.15, 0.2) is 73.4 Å². The summed E-state index contributed by atoms with van der Waals surface area (Å²) in [6.45, 7) is 3.95. The lowest BCUT2D eigenvalue weighted by Crippen LogP contribution is -2.25. The maximum atomic E-state index is 6.03. The number of likely N-dealkylation sites (tertiary alicyclic amines) is 1. The SMILES string of the molecule is c1cc(-c2ccnc3nc(-c4n[nH]c5ccc(-c6cncc(OCCN7CCCC7)c6)cc45)[nH]c23)ccn1. The van der Waals surface area contributed by atoms with Crippen LogP contribution in [0.1, 0.15) is 12.8 Å². The molecule has 0 bridgehead atoms. The standard InChI is InChI=1S/C29H26N8O/c1-2-12-37(11-1)13-14-38-22-15-21(17-31-18-22)20-3-4-25-24(16-20)27(36-35-25)29-33-26-23(7-10-32-28(26)34-29)19-5-8-30-9-6-19/h3-10,15-18H,1-2,11-14H2,(H,35,36)(H,32,33,34). The first-order valence-corrected chi connectivity index (χ1v) is 12.9. The van der Waals surface area contributed by atoms with Crippen LogP contribution in [-0.4, -0.2) is 66.3 Å². The van der Waals surface area contributed by atoms with E-state index in [0.717, 1.165) is 56.7 Å². The van der Waals surface area contributed by atoms with E-state index in [1.54, 1.807) is 24.8 Å². The number of hydrogen-bond acceptors (Lipinski definition) is 7. The topological polar surface area (TPSA) is 108 Å². The van der Waals surface area contributed by atoms with Crippen LogP contribution in [0.4, 0.5) is 0 Å². The summed E-state index contributed by atoms with van der Waals surface area (Å²) in [5.74, 6) is 1.44. The lowest BCUT2D eigenvalue weighted by molar-refractivity contribution is 0.237. The average Bonchev–Trinajstić information content (AvgIpc) is 3.73. The molecule has 2 N–H and O–H groups in total. The quantitative estimate of drug-likeness (QED) is 0.313. The van der Waals surface area contributed by atoms with Gasteiger partial charge in [0.15, 0.2) is 11.5 Å². The number of hydrogen-bond donors (Lipinski definition) is 2. The number of nitrogens with one attached hydrogen (secondary N) is 2. The van der Waals surface area contributed by atoms with Crippen molar-refractivity contribution >= 4 is 22.1 Å². The number of imidazole rings is 1. The van der Waals surface area contributed by atoms with Gasteiger partial charge in [0.2, 0.25) is 0 Å². The summed E-state index contributed by atoms with van der Waals surface area (Å²) in [4.78, 5) is 23.7. The molecule has 1 saturated heterocycles. The number of benzene rings is 1. The highest BCUT2D eigenvalue weighted by atomic mass is 16.5. The number of H-pyrrole nitrogens is 2. The highest BCUT2D eigenvalue weighted by Crippen LogP contribution is 2.33. The summed E-state index contributed by atoms with van der Waals surface area (Å²) in [5.41, 5.74) is 7.27. The number of pyridine rings is 3. The van der Waals surface area contributed by atoms with E-state index in [2.05, 4.69) is 47.2 Å². The maximum absolute atomic E-state index is 6.03. The van der Waals surface area contributed by atoms with E-state index in [0.29, 0.717) is 18.1 Å². The Labute approximate surface area is 219 Å². The molecule has 1 fully saturated rings. The van der Waals surface area contributed by atoms with E-state index in [-0.39, 0.29) is 0 Å². The van der Waals surface area contributed by atoms with Crippen molar-refractivity contribution in [1.82, 2.24) is 40.0 Å². The summed E-state index contributed by atoms with van der Waals surface area (Å²) in [6, 6.07) is 14.2. The molecule has 38 heavy (non-hydrogen) atoms. The minimum absolute atomic E-state index is 0.643. The van der Waals surface area contributed by atoms with Crippen LogP contribution in [0.2, 0.25) is 0 Å². The largest absolute Gasteiger partial charge is 0.491 e. The maximum Gasteiger partial charge on any atom is 0.178 e. The van der Waals surface area contributed by atoms with Gasteiger partial charge in [-0.05, 0) is 73.5 Å². The molecule has 1 aliphatic heterocycles. The van der Waals surface area contributed by atoms with Crippen molar-refractivity contribution < 1.29 is 4.74 Å². The van der Waals surface area contributed by atoms with Crippen molar-refractivity contribution in [3.05, 3.63) is 73.4 Å². The summed E-state index contributed by atoms with van der Waals surface area (Å²) < 4.78 is 6.03. The highest BCUT2D eigenvalue weighted by Gasteiger charge is 2.17. The molecule has 0 spiro atoms. The van der Waals surface area contributed by atoms with E-state index < -0.39 is 0 Å². The van der Waals surface area contributed by atoms with Crippen molar-refractivity contribution in [3.8, 4) is 39.5 Å². The zero-order valence-electron chi connectivity index (χ0n) is 20.8. The lowest BCUT2D eigenvalue weighted by atomic mass is 10.0. The van der Waals surface area contributed by atoms with E-state index in [4.69, 9.17) is 9.72 Å². The van der Waals surface area contributed by atoms with Crippen LogP contribution in [0.5, 0.6) is 5.75 Å². The second-order valence-corrected chi connectivity index (χ2v) is 9.52. The molecule has 0 atom stereocenters. The fourth-order valence-corrected chi connectivity index (χ4v) is 5.12. The molecule has 6 aromatic rings. The van der Waals surface area contributed by atoms with Gasteiger partial charge < -0.3 is 9.72 Å². The number of aromatic amines is 2. The molecule has 5 aromatic heterocycles. The Morgan fingerprint density at radius 1 is 0.868 bits per heavy atom. The Bertz CT molecular complexity index is 1720. The molecule has 188 valence electrons. The van der Waals surface area contributed by atoms with Gasteiger partial charge in [0.1, 0.15) is 18.1 Å². The monoisotopic (exact) mass is 502 g/mol. The first-order chi connectivity index (χ1) is 18.8. The van der Waals surface area contributed by atoms with E-state index in [1.165, 1.54) is 25.9 Å². The second-order valence-electron chi connectivity index (χ2n) is 9.52. The Balaban J connectivity index is 1.20. The molecule has 0 aliphatic carbocycles. The molecule has 6 heterocycles. The van der Waals surface area contributed by atoms with Gasteiger partial charge in [0.25, 0.3) is 0 Å². The molecule has 1 aliphatic rings. The van der Waals surface area contributed by atoms with Crippen LogP contribution in [-0.2, 0) is 0 Å². The molecule has 9 heteroatoms. The van der Waals surface area contributed by atoms with E-state index >= 15 is 0 Å². The minimum Gasteiger partial charge on any atom is -0.491 e. The molecule has 9 nitrogen and oxygen atoms in total. The predicted octanol–water partition coefficient (Wildman–Crippen LogP) is 5.10. The lowest BCUT2D eigenvalue weighted by Gasteiger charge is -2.15. The number of nitrogens with zero attached hydrogens (tertiary/aromatic N) is 6. The van der Waals surface area contributed by atoms with Gasteiger partial charge in [-0.25, -0.2) is 9.97 Å². The van der Waals surface area contributed by atoms with Crippen LogP contribution in [0.25, 0.3) is 55.8 Å². The average molecular weight is 503 g/mol. The van der Waals surface area contributed by atoms with E-state index in [9.17, 15) is 0 Å². The number of aromatic nitrogens is 7. The van der Waals surface area contributed by atoms with Crippen LogP contribution in [0, 0.1) is 0 Å². The van der Waals surface area contributed by atoms with Crippen molar-refractivity contribution in [2.24, 2.45) is 0 Å². The molecular weight excluding hydrogens is 476 g/mol. The fraction of sp³-hybridized carbons (Fsp3) is 0.207. The van der Waals surface area contributed by atoms with Gasteiger partial charge in [-0.1, -0.05) is 6.07 Å². The normalized spacial score (nSPS) is 14.0. The number of rotatable bonds is 7. The molecular formula is C29H26N8O. The van der Waals surface area contributed by atoms with Gasteiger partial charge in [0.05, 0.1) is 17.2 Å². The fourth-order valence-electron chi connectivity index (χ4n) is 5.12. The molecule has 7 rings (SSSR count). The minimum atomic E-state index is 0.643. The van der Waals surface area contributed by atoms with Crippen LogP contribution < -0.4 is 4.74 Å². The highest BCUT2D eigenvalue weighted by molar-refractivity contribution is 5.97. The first kappa shape index (κ1) is 22.6. The second kappa shape index (κ2) is 9.68. The van der Waals surface area contributed by atoms with Gasteiger partial charge in [0, 0.05) is 47.8 Å². The molecule has 0 unspecified atom stereocenters. The van der Waals surface area contributed by atoms with Crippen molar-refractivity contribution in [3.63, 3.8) is 0 Å². The van der Waals surface area contributed by atoms with Gasteiger partial charge in [-0.15, -0.1) is 0 Å². The van der Waals surface area contributed by atoms with Crippen molar-refractivity contribution in [1.29, 1.82) is 0 Å². The van der Waals surface area contributed by atoms with Crippen LogP contribution in [0.3, 0.4) is 0 Å². The Hall–Kier alpha value is -4.63. The Morgan fingerprint density at radius 3 is 2.66 bits per heavy atom. The smallest absolute Gasteiger partial charge is 0.178 e. The molecule has 0 amide bonds. The zero-order chi connectivity index (χ0) is 25.3. The molecule has 0 saturated carbocycles. The third-order valence-corrected chi connectivity index (χ3v) is 7.09. The first-order valence-electron chi connectivity index (χ1n) is 12.9. The van der Waals surface area contributed by atoms with Crippen LogP contribution >= 0.6 is 0 Å². The summed E-state index contributed by atoms with van der Waals surface area (Å²) in [7, 11) is 0. The van der Waals surface area contributed by atoms with Crippen molar-refractivity contribution in [2.45, 2.75) is 12.8 Å². The Morgan fingerprint density at radius 2 is 1.76 bits per heavy atom. The van der Waals surface area contributed by atoms with Gasteiger partial charge in [-0.3, -0.25) is 20.0 Å². The summed E-state index contributed by atoms with van der Waals surface area (Å²) >= 11 is 0. The number of ether oxygens (including phenoxy) is 1. The van der Waals surface area contributed by atoms with Gasteiger partial charge >= 0.3 is 0 Å². The summed E-state index contributed by atoms with van der Waals surface area (Å²) in [5, 5.41) is 8.70. The summed E-state index contributed by atoms with van der Waals surface area (Å²) in [6.07, 6.45) is 11.5. The third kappa shape index (κ3) is 4.26. The molecule has 0 radical (unpaired) electrons.